The highest BCUT2D eigenvalue weighted by Gasteiger charge is 2.28. The van der Waals surface area contributed by atoms with Gasteiger partial charge < -0.3 is 19.4 Å². The molecule has 4 aromatic rings. The molecule has 0 fully saturated rings. The first-order valence-corrected chi connectivity index (χ1v) is 13.6. The Hall–Kier alpha value is -4.13. The molecule has 0 spiro atoms. The zero-order chi connectivity index (χ0) is 28.9. The number of carbonyl (C=O) groups is 2. The van der Waals surface area contributed by atoms with Crippen molar-refractivity contribution < 1.29 is 19.1 Å². The smallest absolute Gasteiger partial charge is 0.408 e. The molecule has 210 valence electrons. The maximum atomic E-state index is 13.3. The van der Waals surface area contributed by atoms with Crippen LogP contribution in [0.15, 0.2) is 78.9 Å². The highest BCUT2D eigenvalue weighted by molar-refractivity contribution is 5.82. The van der Waals surface area contributed by atoms with E-state index >= 15 is 0 Å². The molecule has 0 saturated carbocycles. The average molecular weight is 542 g/mol. The topological polar surface area (TPSA) is 82.5 Å². The normalized spacial score (nSPS) is 12.7. The SMILES string of the molecule is CC(C)(C)OC(=O)NC(Cc1nc2ccccc2n1Cc1ccc(C(C)(C)C)cc1)C(=O)OCc1ccccc1. The van der Waals surface area contributed by atoms with Gasteiger partial charge in [-0.2, -0.15) is 0 Å². The molecule has 1 N–H and O–H groups in total. The number of ether oxygens (including phenoxy) is 2. The molecule has 1 aromatic heterocycles. The van der Waals surface area contributed by atoms with Gasteiger partial charge in [-0.05, 0) is 55.0 Å². The van der Waals surface area contributed by atoms with Crippen LogP contribution in [0, 0.1) is 0 Å². The molecule has 3 aromatic carbocycles. The molecule has 1 unspecified atom stereocenters. The van der Waals surface area contributed by atoms with Crippen molar-refractivity contribution in [2.24, 2.45) is 0 Å². The van der Waals surface area contributed by atoms with Crippen LogP contribution in [0.2, 0.25) is 0 Å². The van der Waals surface area contributed by atoms with Gasteiger partial charge in [0.2, 0.25) is 0 Å². The van der Waals surface area contributed by atoms with Crippen molar-refractivity contribution in [3.8, 4) is 0 Å². The van der Waals surface area contributed by atoms with Crippen LogP contribution in [0.4, 0.5) is 4.79 Å². The number of hydrogen-bond acceptors (Lipinski definition) is 5. The quantitative estimate of drug-likeness (QED) is 0.256. The number of carbonyl (C=O) groups excluding carboxylic acids is 2. The lowest BCUT2D eigenvalue weighted by Gasteiger charge is -2.23. The van der Waals surface area contributed by atoms with E-state index in [-0.39, 0.29) is 18.4 Å². The minimum absolute atomic E-state index is 0.0616. The molecule has 0 aliphatic heterocycles. The zero-order valence-electron chi connectivity index (χ0n) is 24.2. The summed E-state index contributed by atoms with van der Waals surface area (Å²) in [6.07, 6.45) is -0.545. The van der Waals surface area contributed by atoms with Gasteiger partial charge in [-0.1, -0.05) is 87.5 Å². The van der Waals surface area contributed by atoms with Crippen molar-refractivity contribution in [1.29, 1.82) is 0 Å². The van der Waals surface area contributed by atoms with Crippen LogP contribution in [0.5, 0.6) is 0 Å². The number of fused-ring (bicyclic) bond motifs is 1. The fourth-order valence-electron chi connectivity index (χ4n) is 4.41. The summed E-state index contributed by atoms with van der Waals surface area (Å²) in [6, 6.07) is 24.9. The summed E-state index contributed by atoms with van der Waals surface area (Å²) in [7, 11) is 0. The third kappa shape index (κ3) is 7.72. The van der Waals surface area contributed by atoms with E-state index < -0.39 is 23.7 Å². The van der Waals surface area contributed by atoms with Crippen molar-refractivity contribution in [3.05, 3.63) is 101 Å². The van der Waals surface area contributed by atoms with Crippen LogP contribution in [0.3, 0.4) is 0 Å². The van der Waals surface area contributed by atoms with Crippen molar-refractivity contribution >= 4 is 23.1 Å². The average Bonchev–Trinajstić information content (AvgIpc) is 3.23. The molecule has 0 saturated heterocycles. The fraction of sp³-hybridized carbons (Fsp3) is 0.364. The lowest BCUT2D eigenvalue weighted by molar-refractivity contribution is -0.147. The van der Waals surface area contributed by atoms with Gasteiger partial charge in [-0.3, -0.25) is 0 Å². The number of imidazole rings is 1. The first-order valence-electron chi connectivity index (χ1n) is 13.6. The highest BCUT2D eigenvalue weighted by atomic mass is 16.6. The third-order valence-electron chi connectivity index (χ3n) is 6.48. The molecule has 0 aliphatic rings. The maximum absolute atomic E-state index is 13.3. The number of para-hydroxylation sites is 2. The summed E-state index contributed by atoms with van der Waals surface area (Å²) < 4.78 is 13.2. The van der Waals surface area contributed by atoms with Crippen molar-refractivity contribution in [2.75, 3.05) is 0 Å². The Morgan fingerprint density at radius 3 is 2.15 bits per heavy atom. The number of rotatable bonds is 8. The Bertz CT molecular complexity index is 1450. The van der Waals surface area contributed by atoms with E-state index in [1.807, 2.05) is 54.6 Å². The number of esters is 1. The van der Waals surface area contributed by atoms with Crippen LogP contribution >= 0.6 is 0 Å². The Balaban J connectivity index is 1.62. The second kappa shape index (κ2) is 11.9. The first-order chi connectivity index (χ1) is 18.9. The molecule has 1 amide bonds. The van der Waals surface area contributed by atoms with Crippen molar-refractivity contribution in [2.45, 2.75) is 78.2 Å². The molecule has 1 heterocycles. The summed E-state index contributed by atoms with van der Waals surface area (Å²) in [4.78, 5) is 30.9. The van der Waals surface area contributed by atoms with E-state index in [2.05, 4.69) is 54.9 Å². The minimum Gasteiger partial charge on any atom is -0.459 e. The van der Waals surface area contributed by atoms with E-state index in [0.29, 0.717) is 12.4 Å². The predicted octanol–water partition coefficient (Wildman–Crippen LogP) is 6.56. The van der Waals surface area contributed by atoms with Gasteiger partial charge in [0.25, 0.3) is 0 Å². The van der Waals surface area contributed by atoms with Gasteiger partial charge in [0, 0.05) is 13.0 Å². The number of nitrogens with zero attached hydrogens (tertiary/aromatic N) is 2. The molecule has 7 heteroatoms. The molecule has 1 atom stereocenters. The van der Waals surface area contributed by atoms with Gasteiger partial charge in [-0.15, -0.1) is 0 Å². The van der Waals surface area contributed by atoms with E-state index in [1.54, 1.807) is 20.8 Å². The molecule has 0 aliphatic carbocycles. The van der Waals surface area contributed by atoms with E-state index in [1.165, 1.54) is 5.56 Å². The lowest BCUT2D eigenvalue weighted by atomic mass is 9.87. The molecule has 4 rings (SSSR count). The Morgan fingerprint density at radius 2 is 1.50 bits per heavy atom. The second-order valence-corrected chi connectivity index (χ2v) is 12.0. The van der Waals surface area contributed by atoms with Gasteiger partial charge in [0.05, 0.1) is 11.0 Å². The van der Waals surface area contributed by atoms with Crippen LogP contribution in [-0.4, -0.2) is 33.3 Å². The van der Waals surface area contributed by atoms with Crippen molar-refractivity contribution in [3.63, 3.8) is 0 Å². The zero-order valence-corrected chi connectivity index (χ0v) is 24.2. The summed E-state index contributed by atoms with van der Waals surface area (Å²) >= 11 is 0. The van der Waals surface area contributed by atoms with E-state index in [4.69, 9.17) is 14.5 Å². The number of hydrogen-bond donors (Lipinski definition) is 1. The van der Waals surface area contributed by atoms with Crippen LogP contribution < -0.4 is 5.32 Å². The highest BCUT2D eigenvalue weighted by Crippen LogP contribution is 2.24. The van der Waals surface area contributed by atoms with E-state index in [9.17, 15) is 9.59 Å². The fourth-order valence-corrected chi connectivity index (χ4v) is 4.41. The van der Waals surface area contributed by atoms with Gasteiger partial charge in [0.1, 0.15) is 24.1 Å². The molecular weight excluding hydrogens is 502 g/mol. The monoisotopic (exact) mass is 541 g/mol. The van der Waals surface area contributed by atoms with Crippen LogP contribution in [0.1, 0.15) is 64.1 Å². The van der Waals surface area contributed by atoms with Crippen LogP contribution in [0.25, 0.3) is 11.0 Å². The first kappa shape index (κ1) is 28.9. The number of nitrogens with one attached hydrogen (secondary N) is 1. The van der Waals surface area contributed by atoms with Gasteiger partial charge in [0.15, 0.2) is 0 Å². The second-order valence-electron chi connectivity index (χ2n) is 12.0. The van der Waals surface area contributed by atoms with E-state index in [0.717, 1.165) is 22.2 Å². The Morgan fingerprint density at radius 1 is 0.850 bits per heavy atom. The standard InChI is InChI=1S/C33H39N3O4/c1-32(2,3)25-18-16-23(17-19-25)21-36-28-15-11-10-14-26(28)34-29(36)20-27(35-31(38)40-33(4,5)6)30(37)39-22-24-12-8-7-9-13-24/h7-19,27H,20-22H2,1-6H3,(H,35,38). The summed E-state index contributed by atoms with van der Waals surface area (Å²) in [6.45, 7) is 12.6. The number of alkyl carbamates (subject to hydrolysis) is 1. The molecular formula is C33H39N3O4. The summed E-state index contributed by atoms with van der Waals surface area (Å²) in [5.41, 5.74) is 4.35. The number of benzene rings is 3. The molecule has 40 heavy (non-hydrogen) atoms. The maximum Gasteiger partial charge on any atom is 0.408 e. The van der Waals surface area contributed by atoms with Gasteiger partial charge >= 0.3 is 12.1 Å². The number of amides is 1. The van der Waals surface area contributed by atoms with Crippen LogP contribution in [-0.2, 0) is 39.3 Å². The Kier molecular flexibility index (Phi) is 8.62. The molecule has 0 radical (unpaired) electrons. The summed E-state index contributed by atoms with van der Waals surface area (Å²) in [5.74, 6) is 0.113. The predicted molar refractivity (Wildman–Crippen MR) is 157 cm³/mol. The molecule has 0 bridgehead atoms. The largest absolute Gasteiger partial charge is 0.459 e. The Labute approximate surface area is 236 Å². The number of aromatic nitrogens is 2. The molecule has 7 nitrogen and oxygen atoms in total. The minimum atomic E-state index is -0.989. The summed E-state index contributed by atoms with van der Waals surface area (Å²) in [5, 5.41) is 2.73. The van der Waals surface area contributed by atoms with Crippen molar-refractivity contribution in [1.82, 2.24) is 14.9 Å². The lowest BCUT2D eigenvalue weighted by Crippen LogP contribution is -2.45. The third-order valence-corrected chi connectivity index (χ3v) is 6.48. The van der Waals surface area contributed by atoms with Gasteiger partial charge in [-0.25, -0.2) is 14.6 Å².